The Bertz CT molecular complexity index is 472. The summed E-state index contributed by atoms with van der Waals surface area (Å²) >= 11 is 0. The van der Waals surface area contributed by atoms with Crippen LogP contribution in [0.2, 0.25) is 0 Å². The molecule has 0 atom stereocenters. The van der Waals surface area contributed by atoms with Crippen molar-refractivity contribution in [2.24, 2.45) is 0 Å². The van der Waals surface area contributed by atoms with Crippen LogP contribution in [0.1, 0.15) is 12.5 Å². The van der Waals surface area contributed by atoms with Gasteiger partial charge < -0.3 is 10.1 Å². The van der Waals surface area contributed by atoms with Gasteiger partial charge in [-0.25, -0.2) is 13.6 Å². The van der Waals surface area contributed by atoms with E-state index in [1.54, 1.807) is 6.92 Å². The van der Waals surface area contributed by atoms with Crippen molar-refractivity contribution in [3.8, 4) is 0 Å². The van der Waals surface area contributed by atoms with Gasteiger partial charge in [-0.3, -0.25) is 0 Å². The van der Waals surface area contributed by atoms with E-state index in [4.69, 9.17) is 4.74 Å². The first-order chi connectivity index (χ1) is 8.45. The molecule has 0 spiro atoms. The van der Waals surface area contributed by atoms with Crippen molar-refractivity contribution in [1.82, 2.24) is 0 Å². The highest BCUT2D eigenvalue weighted by Crippen LogP contribution is 2.19. The lowest BCUT2D eigenvalue weighted by atomic mass is 10.2. The van der Waals surface area contributed by atoms with E-state index in [1.807, 2.05) is 0 Å². The Morgan fingerprint density at radius 1 is 1.39 bits per heavy atom. The number of carbonyl (C=O) groups excluding carboxylic acids is 1. The number of aryl methyl sites for hydroxylation is 1. The summed E-state index contributed by atoms with van der Waals surface area (Å²) in [7, 11) is 0. The van der Waals surface area contributed by atoms with Crippen LogP contribution < -0.4 is 5.32 Å². The highest BCUT2D eigenvalue weighted by molar-refractivity contribution is 5.88. The molecule has 0 aliphatic rings. The van der Waals surface area contributed by atoms with Gasteiger partial charge >= 0.3 is 5.97 Å². The minimum absolute atomic E-state index is 0.00173. The van der Waals surface area contributed by atoms with E-state index in [2.05, 4.69) is 11.9 Å². The summed E-state index contributed by atoms with van der Waals surface area (Å²) in [5, 5.41) is 2.60. The van der Waals surface area contributed by atoms with Gasteiger partial charge in [-0.05, 0) is 25.5 Å². The second-order valence-electron chi connectivity index (χ2n) is 3.76. The molecular weight excluding hydrogens is 240 g/mol. The van der Waals surface area contributed by atoms with Gasteiger partial charge in [0.25, 0.3) is 0 Å². The van der Waals surface area contributed by atoms with E-state index in [1.165, 1.54) is 6.92 Å². The lowest BCUT2D eigenvalue weighted by Crippen LogP contribution is -2.15. The molecule has 1 N–H and O–H groups in total. The highest BCUT2D eigenvalue weighted by Gasteiger charge is 2.10. The molecule has 98 valence electrons. The van der Waals surface area contributed by atoms with Crippen LogP contribution in [0.3, 0.4) is 0 Å². The number of hydrogen-bond acceptors (Lipinski definition) is 3. The van der Waals surface area contributed by atoms with Crippen molar-refractivity contribution in [3.05, 3.63) is 41.5 Å². The SMILES string of the molecule is C=C(CNc1cc(F)c(C)cc1F)C(=O)OCC. The summed E-state index contributed by atoms with van der Waals surface area (Å²) in [6, 6.07) is 2.13. The second-order valence-corrected chi connectivity index (χ2v) is 3.76. The van der Waals surface area contributed by atoms with Crippen LogP contribution >= 0.6 is 0 Å². The first-order valence-corrected chi connectivity index (χ1v) is 5.50. The van der Waals surface area contributed by atoms with Crippen molar-refractivity contribution in [2.45, 2.75) is 13.8 Å². The average molecular weight is 255 g/mol. The number of hydrogen-bond donors (Lipinski definition) is 1. The van der Waals surface area contributed by atoms with Gasteiger partial charge in [-0.2, -0.15) is 0 Å². The van der Waals surface area contributed by atoms with Gasteiger partial charge in [0.2, 0.25) is 0 Å². The lowest BCUT2D eigenvalue weighted by molar-refractivity contribution is -0.138. The first kappa shape index (κ1) is 14.2. The van der Waals surface area contributed by atoms with Crippen LogP contribution in [-0.2, 0) is 9.53 Å². The maximum absolute atomic E-state index is 13.5. The van der Waals surface area contributed by atoms with E-state index in [0.717, 1.165) is 12.1 Å². The van der Waals surface area contributed by atoms with E-state index in [0.29, 0.717) is 0 Å². The monoisotopic (exact) mass is 255 g/mol. The smallest absolute Gasteiger partial charge is 0.335 e. The number of esters is 1. The minimum atomic E-state index is -0.578. The molecule has 0 aliphatic carbocycles. The van der Waals surface area contributed by atoms with E-state index in [-0.39, 0.29) is 30.0 Å². The number of halogens is 2. The largest absolute Gasteiger partial charge is 0.463 e. The van der Waals surface area contributed by atoms with Gasteiger partial charge in [0.05, 0.1) is 12.3 Å². The van der Waals surface area contributed by atoms with Crippen LogP contribution in [0.25, 0.3) is 0 Å². The Morgan fingerprint density at radius 2 is 2.06 bits per heavy atom. The number of benzene rings is 1. The maximum Gasteiger partial charge on any atom is 0.335 e. The number of carbonyl (C=O) groups is 1. The second kappa shape index (κ2) is 6.14. The van der Waals surface area contributed by atoms with Gasteiger partial charge in [-0.1, -0.05) is 6.58 Å². The average Bonchev–Trinajstić information content (AvgIpc) is 2.32. The number of rotatable bonds is 5. The molecule has 0 fully saturated rings. The third-order valence-corrected chi connectivity index (χ3v) is 2.30. The normalized spacial score (nSPS) is 10.0. The molecule has 0 heterocycles. The molecule has 1 aromatic carbocycles. The number of nitrogens with one attached hydrogen (secondary N) is 1. The summed E-state index contributed by atoms with van der Waals surface area (Å²) < 4.78 is 31.4. The Hall–Kier alpha value is -1.91. The van der Waals surface area contributed by atoms with Crippen molar-refractivity contribution >= 4 is 11.7 Å². The van der Waals surface area contributed by atoms with Gasteiger partial charge in [-0.15, -0.1) is 0 Å². The van der Waals surface area contributed by atoms with E-state index in [9.17, 15) is 13.6 Å². The summed E-state index contributed by atoms with van der Waals surface area (Å²) in [5.74, 6) is -1.65. The van der Waals surface area contributed by atoms with E-state index >= 15 is 0 Å². The number of ether oxygens (including phenoxy) is 1. The van der Waals surface area contributed by atoms with Crippen molar-refractivity contribution in [1.29, 1.82) is 0 Å². The fraction of sp³-hybridized carbons (Fsp3) is 0.308. The molecule has 5 heteroatoms. The molecule has 0 saturated carbocycles. The Kier molecular flexibility index (Phi) is 4.83. The molecule has 0 saturated heterocycles. The lowest BCUT2D eigenvalue weighted by Gasteiger charge is -2.10. The first-order valence-electron chi connectivity index (χ1n) is 5.50. The molecule has 0 unspecified atom stereocenters. The maximum atomic E-state index is 13.5. The van der Waals surface area contributed by atoms with Gasteiger partial charge in [0.15, 0.2) is 0 Å². The Balaban J connectivity index is 2.67. The van der Waals surface area contributed by atoms with Crippen LogP contribution in [0.5, 0.6) is 0 Å². The van der Waals surface area contributed by atoms with Gasteiger partial charge in [0, 0.05) is 18.2 Å². The molecule has 0 amide bonds. The molecule has 18 heavy (non-hydrogen) atoms. The Labute approximate surface area is 104 Å². The summed E-state index contributed by atoms with van der Waals surface area (Å²) in [4.78, 5) is 11.2. The van der Waals surface area contributed by atoms with Crippen LogP contribution in [-0.4, -0.2) is 19.1 Å². The quantitative estimate of drug-likeness (QED) is 0.649. The fourth-order valence-corrected chi connectivity index (χ4v) is 1.29. The zero-order valence-electron chi connectivity index (χ0n) is 10.3. The summed E-state index contributed by atoms with van der Waals surface area (Å²) in [5.41, 5.74) is 0.364. The third kappa shape index (κ3) is 3.55. The predicted molar refractivity (Wildman–Crippen MR) is 65.4 cm³/mol. The fourth-order valence-electron chi connectivity index (χ4n) is 1.29. The van der Waals surface area contributed by atoms with Crippen molar-refractivity contribution in [3.63, 3.8) is 0 Å². The molecule has 0 radical (unpaired) electrons. The highest BCUT2D eigenvalue weighted by atomic mass is 19.1. The van der Waals surface area contributed by atoms with Crippen molar-refractivity contribution < 1.29 is 18.3 Å². The molecule has 1 rings (SSSR count). The standard InChI is InChI=1S/C13H15F2NO2/c1-4-18-13(17)9(3)7-16-12-6-10(14)8(2)5-11(12)15/h5-6,16H,3-4,7H2,1-2H3. The molecular formula is C13H15F2NO2. The number of anilines is 1. The van der Waals surface area contributed by atoms with Crippen molar-refractivity contribution in [2.75, 3.05) is 18.5 Å². The summed E-state index contributed by atoms with van der Waals surface area (Å²) in [6.07, 6.45) is 0. The molecule has 1 aromatic rings. The summed E-state index contributed by atoms with van der Waals surface area (Å²) in [6.45, 7) is 6.89. The zero-order chi connectivity index (χ0) is 13.7. The van der Waals surface area contributed by atoms with E-state index < -0.39 is 17.6 Å². The van der Waals surface area contributed by atoms with Crippen LogP contribution in [0, 0.1) is 18.6 Å². The topological polar surface area (TPSA) is 38.3 Å². The van der Waals surface area contributed by atoms with Crippen LogP contribution in [0.4, 0.5) is 14.5 Å². The molecule has 3 nitrogen and oxygen atoms in total. The molecule has 0 bridgehead atoms. The molecule has 0 aromatic heterocycles. The third-order valence-electron chi connectivity index (χ3n) is 2.30. The Morgan fingerprint density at radius 3 is 2.67 bits per heavy atom. The van der Waals surface area contributed by atoms with Crippen LogP contribution in [0.15, 0.2) is 24.3 Å². The van der Waals surface area contributed by atoms with Gasteiger partial charge in [0.1, 0.15) is 11.6 Å². The zero-order valence-corrected chi connectivity index (χ0v) is 10.3. The predicted octanol–water partition coefficient (Wildman–Crippen LogP) is 2.80. The molecule has 0 aliphatic heterocycles. The minimum Gasteiger partial charge on any atom is -0.463 e.